The van der Waals surface area contributed by atoms with Crippen LogP contribution in [-0.2, 0) is 17.8 Å². The largest absolute Gasteiger partial charge is 0.481 e. The second-order valence-electron chi connectivity index (χ2n) is 4.07. The highest BCUT2D eigenvalue weighted by Crippen LogP contribution is 2.20. The number of carboxylic acids is 1. The van der Waals surface area contributed by atoms with E-state index in [4.69, 9.17) is 10.8 Å². The van der Waals surface area contributed by atoms with E-state index < -0.39 is 5.97 Å². The van der Waals surface area contributed by atoms with E-state index in [9.17, 15) is 4.79 Å². The highest BCUT2D eigenvalue weighted by Gasteiger charge is 2.14. The SMILES string of the molecule is CCc1cccnc1Cn1c(N)nnc1SCC(=O)O. The molecule has 0 aliphatic rings. The molecule has 0 saturated heterocycles. The third-order valence-electron chi connectivity index (χ3n) is 2.74. The lowest BCUT2D eigenvalue weighted by Crippen LogP contribution is -2.10. The van der Waals surface area contributed by atoms with Crippen molar-refractivity contribution < 1.29 is 9.90 Å². The number of anilines is 1. The van der Waals surface area contributed by atoms with Gasteiger partial charge in [0.05, 0.1) is 18.0 Å². The van der Waals surface area contributed by atoms with E-state index in [1.165, 1.54) is 0 Å². The van der Waals surface area contributed by atoms with Crippen LogP contribution >= 0.6 is 11.8 Å². The van der Waals surface area contributed by atoms with Crippen molar-refractivity contribution in [1.82, 2.24) is 19.7 Å². The molecule has 2 rings (SSSR count). The lowest BCUT2D eigenvalue weighted by Gasteiger charge is -2.10. The minimum absolute atomic E-state index is 0.0824. The van der Waals surface area contributed by atoms with Crippen LogP contribution in [0.1, 0.15) is 18.2 Å². The summed E-state index contributed by atoms with van der Waals surface area (Å²) in [5.74, 6) is -0.734. The number of rotatable bonds is 6. The maximum absolute atomic E-state index is 10.6. The Hall–Kier alpha value is -2.09. The molecule has 2 heterocycles. The standard InChI is InChI=1S/C12H15N5O2S/c1-2-8-4-3-5-14-9(8)6-17-11(13)15-16-12(17)20-7-10(18)19/h3-5H,2,6-7H2,1H3,(H2,13,15)(H,18,19). The topological polar surface area (TPSA) is 107 Å². The zero-order chi connectivity index (χ0) is 14.5. The Morgan fingerprint density at radius 2 is 2.30 bits per heavy atom. The summed E-state index contributed by atoms with van der Waals surface area (Å²) in [6.07, 6.45) is 2.59. The smallest absolute Gasteiger partial charge is 0.313 e. The summed E-state index contributed by atoms with van der Waals surface area (Å²) in [7, 11) is 0. The first-order chi connectivity index (χ1) is 9.61. The number of aryl methyl sites for hydroxylation is 1. The number of pyridine rings is 1. The fourth-order valence-corrected chi connectivity index (χ4v) is 2.43. The maximum atomic E-state index is 10.6. The van der Waals surface area contributed by atoms with Crippen molar-refractivity contribution in [2.45, 2.75) is 25.0 Å². The summed E-state index contributed by atoms with van der Waals surface area (Å²) in [5.41, 5.74) is 7.80. The fraction of sp³-hybridized carbons (Fsp3) is 0.333. The number of hydrogen-bond donors (Lipinski definition) is 2. The third kappa shape index (κ3) is 3.27. The van der Waals surface area contributed by atoms with Gasteiger partial charge in [0, 0.05) is 6.20 Å². The second-order valence-corrected chi connectivity index (χ2v) is 5.01. The average molecular weight is 293 g/mol. The van der Waals surface area contributed by atoms with Gasteiger partial charge in [-0.2, -0.15) is 0 Å². The molecular formula is C12H15N5O2S. The van der Waals surface area contributed by atoms with Gasteiger partial charge in [-0.25, -0.2) is 0 Å². The first-order valence-electron chi connectivity index (χ1n) is 6.07. The predicted octanol–water partition coefficient (Wildman–Crippen LogP) is 1.04. The maximum Gasteiger partial charge on any atom is 0.313 e. The van der Waals surface area contributed by atoms with Crippen molar-refractivity contribution in [1.29, 1.82) is 0 Å². The number of carboxylic acid groups (broad SMARTS) is 1. The zero-order valence-electron chi connectivity index (χ0n) is 11.0. The van der Waals surface area contributed by atoms with Crippen molar-refractivity contribution in [3.05, 3.63) is 29.6 Å². The molecule has 0 unspecified atom stereocenters. The Balaban J connectivity index is 2.24. The summed E-state index contributed by atoms with van der Waals surface area (Å²) in [6, 6.07) is 3.89. The highest BCUT2D eigenvalue weighted by molar-refractivity contribution is 7.99. The molecule has 106 valence electrons. The van der Waals surface area contributed by atoms with Crippen LogP contribution in [0.4, 0.5) is 5.95 Å². The molecular weight excluding hydrogens is 278 g/mol. The van der Waals surface area contributed by atoms with E-state index in [1.54, 1.807) is 10.8 Å². The van der Waals surface area contributed by atoms with Gasteiger partial charge in [0.25, 0.3) is 0 Å². The average Bonchev–Trinajstić information content (AvgIpc) is 2.78. The fourth-order valence-electron chi connectivity index (χ4n) is 1.77. The number of carbonyl (C=O) groups is 1. The van der Waals surface area contributed by atoms with Gasteiger partial charge in [0.2, 0.25) is 5.95 Å². The van der Waals surface area contributed by atoms with Crippen molar-refractivity contribution in [2.75, 3.05) is 11.5 Å². The molecule has 7 nitrogen and oxygen atoms in total. The molecule has 0 aliphatic carbocycles. The van der Waals surface area contributed by atoms with Gasteiger partial charge in [-0.05, 0) is 18.1 Å². The van der Waals surface area contributed by atoms with Crippen molar-refractivity contribution >= 4 is 23.7 Å². The predicted molar refractivity (Wildman–Crippen MR) is 75.5 cm³/mol. The molecule has 2 aromatic heterocycles. The Morgan fingerprint density at radius 3 is 3.00 bits per heavy atom. The van der Waals surface area contributed by atoms with Crippen LogP contribution in [0.2, 0.25) is 0 Å². The number of thioether (sulfide) groups is 1. The molecule has 3 N–H and O–H groups in total. The molecule has 20 heavy (non-hydrogen) atoms. The third-order valence-corrected chi connectivity index (χ3v) is 3.70. The Labute approximate surface area is 120 Å². The number of aromatic nitrogens is 4. The van der Waals surface area contributed by atoms with Gasteiger partial charge in [-0.3, -0.25) is 14.3 Å². The second kappa shape index (κ2) is 6.38. The Morgan fingerprint density at radius 1 is 1.50 bits per heavy atom. The molecule has 0 bridgehead atoms. The number of hydrogen-bond acceptors (Lipinski definition) is 6. The molecule has 0 aromatic carbocycles. The Bertz CT molecular complexity index is 614. The van der Waals surface area contributed by atoms with Crippen molar-refractivity contribution in [2.24, 2.45) is 0 Å². The zero-order valence-corrected chi connectivity index (χ0v) is 11.8. The van der Waals surface area contributed by atoms with Gasteiger partial charge >= 0.3 is 5.97 Å². The van der Waals surface area contributed by atoms with Crippen LogP contribution in [0.5, 0.6) is 0 Å². The monoisotopic (exact) mass is 293 g/mol. The minimum Gasteiger partial charge on any atom is -0.481 e. The normalized spacial score (nSPS) is 10.7. The van der Waals surface area contributed by atoms with Crippen LogP contribution in [0.15, 0.2) is 23.5 Å². The van der Waals surface area contributed by atoms with Gasteiger partial charge in [0.1, 0.15) is 0 Å². The first-order valence-corrected chi connectivity index (χ1v) is 7.06. The Kier molecular flexibility index (Phi) is 4.57. The molecule has 0 aliphatic heterocycles. The van der Waals surface area contributed by atoms with Crippen LogP contribution in [-0.4, -0.2) is 36.6 Å². The van der Waals surface area contributed by atoms with Crippen LogP contribution in [0.25, 0.3) is 0 Å². The molecule has 8 heteroatoms. The summed E-state index contributed by atoms with van der Waals surface area (Å²) in [6.45, 7) is 2.49. The van der Waals surface area contributed by atoms with Crippen LogP contribution < -0.4 is 5.73 Å². The van der Waals surface area contributed by atoms with E-state index in [0.717, 1.165) is 29.4 Å². The molecule has 0 spiro atoms. The molecule has 0 radical (unpaired) electrons. The summed E-state index contributed by atoms with van der Waals surface area (Å²) < 4.78 is 1.68. The number of nitrogen functional groups attached to an aromatic ring is 1. The van der Waals surface area contributed by atoms with E-state index in [1.807, 2.05) is 12.1 Å². The summed E-state index contributed by atoms with van der Waals surface area (Å²) >= 11 is 1.09. The lowest BCUT2D eigenvalue weighted by molar-refractivity contribution is -0.133. The number of nitrogens with two attached hydrogens (primary N) is 1. The molecule has 2 aromatic rings. The minimum atomic E-state index is -0.907. The van der Waals surface area contributed by atoms with Gasteiger partial charge < -0.3 is 10.8 Å². The molecule has 0 fully saturated rings. The van der Waals surface area contributed by atoms with Crippen molar-refractivity contribution in [3.63, 3.8) is 0 Å². The van der Waals surface area contributed by atoms with E-state index >= 15 is 0 Å². The van der Waals surface area contributed by atoms with Crippen LogP contribution in [0, 0.1) is 0 Å². The lowest BCUT2D eigenvalue weighted by atomic mass is 10.1. The van der Waals surface area contributed by atoms with E-state index in [0.29, 0.717) is 11.7 Å². The van der Waals surface area contributed by atoms with E-state index in [-0.39, 0.29) is 11.7 Å². The van der Waals surface area contributed by atoms with Gasteiger partial charge in [-0.15, -0.1) is 10.2 Å². The highest BCUT2D eigenvalue weighted by atomic mass is 32.2. The molecule has 0 saturated carbocycles. The van der Waals surface area contributed by atoms with Gasteiger partial charge in [0.15, 0.2) is 5.16 Å². The molecule has 0 amide bonds. The summed E-state index contributed by atoms with van der Waals surface area (Å²) in [5, 5.41) is 16.9. The van der Waals surface area contributed by atoms with Gasteiger partial charge in [-0.1, -0.05) is 24.8 Å². The van der Waals surface area contributed by atoms with Crippen LogP contribution in [0.3, 0.4) is 0 Å². The quantitative estimate of drug-likeness (QED) is 0.766. The summed E-state index contributed by atoms with van der Waals surface area (Å²) in [4.78, 5) is 15.0. The number of aliphatic carboxylic acids is 1. The first kappa shape index (κ1) is 14.3. The van der Waals surface area contributed by atoms with Crippen molar-refractivity contribution in [3.8, 4) is 0 Å². The van der Waals surface area contributed by atoms with E-state index in [2.05, 4.69) is 22.1 Å². The molecule has 0 atom stereocenters. The number of nitrogens with zero attached hydrogens (tertiary/aromatic N) is 4.